The molecule has 2 N–H and O–H groups in total. The first-order valence-electron chi connectivity index (χ1n) is 7.27. The summed E-state index contributed by atoms with van der Waals surface area (Å²) in [7, 11) is 0. The minimum absolute atomic E-state index is 0.476. The molecule has 1 saturated heterocycles. The highest BCUT2D eigenvalue weighted by molar-refractivity contribution is 5.11. The molecule has 1 aromatic rings. The minimum Gasteiger partial charge on any atom is -0.330 e. The van der Waals surface area contributed by atoms with Crippen molar-refractivity contribution in [3.8, 4) is 0 Å². The van der Waals surface area contributed by atoms with Gasteiger partial charge in [0.1, 0.15) is 0 Å². The zero-order chi connectivity index (χ0) is 13.0. The van der Waals surface area contributed by atoms with E-state index in [0.29, 0.717) is 12.0 Å². The highest BCUT2D eigenvalue weighted by atomic mass is 15.3. The van der Waals surface area contributed by atoms with Crippen molar-refractivity contribution in [3.05, 3.63) is 18.0 Å². The molecule has 2 atom stereocenters. The van der Waals surface area contributed by atoms with Crippen molar-refractivity contribution in [1.29, 1.82) is 0 Å². The second-order valence-electron chi connectivity index (χ2n) is 5.24. The van der Waals surface area contributed by atoms with Gasteiger partial charge in [0.2, 0.25) is 0 Å². The number of nitrogens with zero attached hydrogens (tertiary/aromatic N) is 3. The lowest BCUT2D eigenvalue weighted by Gasteiger charge is -2.28. The van der Waals surface area contributed by atoms with Gasteiger partial charge >= 0.3 is 0 Å². The van der Waals surface area contributed by atoms with E-state index in [9.17, 15) is 0 Å². The Hall–Kier alpha value is -0.870. The lowest BCUT2D eigenvalue weighted by atomic mass is 9.97. The highest BCUT2D eigenvalue weighted by Gasteiger charge is 2.35. The van der Waals surface area contributed by atoms with Crippen LogP contribution in [0, 0.1) is 5.92 Å². The smallest absolute Gasteiger partial charge is 0.0559 e. The topological polar surface area (TPSA) is 47.1 Å². The van der Waals surface area contributed by atoms with E-state index in [-0.39, 0.29) is 0 Å². The molecule has 2 rings (SSSR count). The third-order valence-electron chi connectivity index (χ3n) is 3.93. The van der Waals surface area contributed by atoms with Crippen LogP contribution in [0.3, 0.4) is 0 Å². The predicted molar refractivity (Wildman–Crippen MR) is 74.3 cm³/mol. The van der Waals surface area contributed by atoms with Crippen molar-refractivity contribution in [3.63, 3.8) is 0 Å². The summed E-state index contributed by atoms with van der Waals surface area (Å²) in [5.41, 5.74) is 7.32. The van der Waals surface area contributed by atoms with Crippen molar-refractivity contribution in [2.75, 3.05) is 19.6 Å². The van der Waals surface area contributed by atoms with Gasteiger partial charge in [-0.25, -0.2) is 0 Å². The molecule has 1 aliphatic heterocycles. The second-order valence-corrected chi connectivity index (χ2v) is 5.24. The van der Waals surface area contributed by atoms with E-state index >= 15 is 0 Å². The van der Waals surface area contributed by atoms with Gasteiger partial charge in [0, 0.05) is 12.7 Å². The normalized spacial score (nSPS) is 24.8. The fourth-order valence-electron chi connectivity index (χ4n) is 3.13. The Kier molecular flexibility index (Phi) is 4.78. The van der Waals surface area contributed by atoms with Crippen molar-refractivity contribution < 1.29 is 0 Å². The average molecular weight is 250 g/mol. The van der Waals surface area contributed by atoms with Gasteiger partial charge < -0.3 is 5.73 Å². The maximum absolute atomic E-state index is 5.96. The van der Waals surface area contributed by atoms with Crippen LogP contribution >= 0.6 is 0 Å². The molecular formula is C14H26N4. The molecule has 0 radical (unpaired) electrons. The van der Waals surface area contributed by atoms with Gasteiger partial charge in [-0.15, -0.1) is 0 Å². The molecule has 0 amide bonds. The summed E-state index contributed by atoms with van der Waals surface area (Å²) in [4.78, 5) is 2.58. The Balaban J connectivity index is 2.22. The Bertz CT molecular complexity index is 360. The molecule has 0 bridgehead atoms. The van der Waals surface area contributed by atoms with Crippen LogP contribution in [0.25, 0.3) is 0 Å². The predicted octanol–water partition coefficient (Wildman–Crippen LogP) is 2.02. The summed E-state index contributed by atoms with van der Waals surface area (Å²) in [6.07, 6.45) is 5.48. The van der Waals surface area contributed by atoms with Gasteiger partial charge in [-0.3, -0.25) is 9.58 Å². The molecular weight excluding hydrogens is 224 g/mol. The van der Waals surface area contributed by atoms with Crippen LogP contribution in [-0.2, 0) is 6.54 Å². The molecule has 0 saturated carbocycles. The Morgan fingerprint density at radius 3 is 2.78 bits per heavy atom. The molecule has 1 aromatic heterocycles. The number of aromatic nitrogens is 2. The van der Waals surface area contributed by atoms with Gasteiger partial charge in [-0.1, -0.05) is 13.8 Å². The third kappa shape index (κ3) is 2.59. The molecule has 2 heterocycles. The first-order valence-corrected chi connectivity index (χ1v) is 7.27. The Labute approximate surface area is 110 Å². The number of hydrogen-bond acceptors (Lipinski definition) is 3. The standard InChI is InChI=1S/C14H26N4/c1-3-8-17-10-6-12(11-15)14(17)13-5-7-16-18(13)9-4-2/h5,7,12,14H,3-4,6,8-11,15H2,1-2H3. The first kappa shape index (κ1) is 13.6. The molecule has 102 valence electrons. The summed E-state index contributed by atoms with van der Waals surface area (Å²) in [6, 6.07) is 2.65. The number of likely N-dealkylation sites (tertiary alicyclic amines) is 1. The molecule has 0 spiro atoms. The largest absolute Gasteiger partial charge is 0.330 e. The van der Waals surface area contributed by atoms with E-state index in [4.69, 9.17) is 5.73 Å². The van der Waals surface area contributed by atoms with Crippen LogP contribution in [0.1, 0.15) is 44.8 Å². The van der Waals surface area contributed by atoms with E-state index < -0.39 is 0 Å². The molecule has 0 aliphatic carbocycles. The zero-order valence-corrected chi connectivity index (χ0v) is 11.7. The molecule has 0 aromatic carbocycles. The molecule has 4 heteroatoms. The summed E-state index contributed by atoms with van der Waals surface area (Å²) in [5.74, 6) is 0.587. The van der Waals surface area contributed by atoms with E-state index in [0.717, 1.165) is 19.5 Å². The first-order chi connectivity index (χ1) is 8.81. The number of hydrogen-bond donors (Lipinski definition) is 1. The van der Waals surface area contributed by atoms with Crippen LogP contribution in [0.5, 0.6) is 0 Å². The van der Waals surface area contributed by atoms with Gasteiger partial charge in [-0.2, -0.15) is 5.10 Å². The van der Waals surface area contributed by atoms with Crippen molar-refractivity contribution >= 4 is 0 Å². The number of aryl methyl sites for hydroxylation is 1. The van der Waals surface area contributed by atoms with Crippen LogP contribution in [0.2, 0.25) is 0 Å². The maximum Gasteiger partial charge on any atom is 0.0559 e. The molecule has 1 aliphatic rings. The summed E-state index contributed by atoms with van der Waals surface area (Å²) < 4.78 is 2.17. The summed E-state index contributed by atoms with van der Waals surface area (Å²) >= 11 is 0. The summed E-state index contributed by atoms with van der Waals surface area (Å²) in [6.45, 7) is 8.58. The van der Waals surface area contributed by atoms with Crippen molar-refractivity contribution in [2.45, 2.75) is 45.7 Å². The SMILES string of the molecule is CCCN1CCC(CN)C1c1ccnn1CCC. The highest BCUT2D eigenvalue weighted by Crippen LogP contribution is 2.36. The molecule has 4 nitrogen and oxygen atoms in total. The fourth-order valence-corrected chi connectivity index (χ4v) is 3.13. The van der Waals surface area contributed by atoms with E-state index in [1.165, 1.54) is 31.6 Å². The Morgan fingerprint density at radius 2 is 2.11 bits per heavy atom. The van der Waals surface area contributed by atoms with Crippen LogP contribution in [0.15, 0.2) is 12.3 Å². The van der Waals surface area contributed by atoms with Crippen LogP contribution in [-0.4, -0.2) is 34.3 Å². The lowest BCUT2D eigenvalue weighted by molar-refractivity contribution is 0.218. The number of rotatable bonds is 6. The zero-order valence-electron chi connectivity index (χ0n) is 11.7. The quantitative estimate of drug-likeness (QED) is 0.840. The lowest BCUT2D eigenvalue weighted by Crippen LogP contribution is -2.30. The number of nitrogens with two attached hydrogens (primary N) is 1. The van der Waals surface area contributed by atoms with Crippen LogP contribution in [0.4, 0.5) is 0 Å². The van der Waals surface area contributed by atoms with Gasteiger partial charge in [-0.05, 0) is 50.9 Å². The van der Waals surface area contributed by atoms with E-state index in [1.54, 1.807) is 0 Å². The van der Waals surface area contributed by atoms with Gasteiger partial charge in [0.05, 0.1) is 11.7 Å². The Morgan fingerprint density at radius 1 is 1.33 bits per heavy atom. The van der Waals surface area contributed by atoms with Crippen molar-refractivity contribution in [1.82, 2.24) is 14.7 Å². The van der Waals surface area contributed by atoms with Gasteiger partial charge in [0.15, 0.2) is 0 Å². The van der Waals surface area contributed by atoms with Crippen LogP contribution < -0.4 is 5.73 Å². The average Bonchev–Trinajstić information content (AvgIpc) is 2.96. The minimum atomic E-state index is 0.476. The molecule has 1 fully saturated rings. The second kappa shape index (κ2) is 6.34. The monoisotopic (exact) mass is 250 g/mol. The maximum atomic E-state index is 5.96. The summed E-state index contributed by atoms with van der Waals surface area (Å²) in [5, 5.41) is 4.46. The van der Waals surface area contributed by atoms with E-state index in [2.05, 4.69) is 34.6 Å². The fraction of sp³-hybridized carbons (Fsp3) is 0.786. The molecule has 2 unspecified atom stereocenters. The molecule has 18 heavy (non-hydrogen) atoms. The van der Waals surface area contributed by atoms with Crippen molar-refractivity contribution in [2.24, 2.45) is 11.7 Å². The van der Waals surface area contributed by atoms with Gasteiger partial charge in [0.25, 0.3) is 0 Å². The van der Waals surface area contributed by atoms with E-state index in [1.807, 2.05) is 6.20 Å². The third-order valence-corrected chi connectivity index (χ3v) is 3.93.